The van der Waals surface area contributed by atoms with E-state index in [-0.39, 0.29) is 11.5 Å². The minimum Gasteiger partial charge on any atom is -0.464 e. The van der Waals surface area contributed by atoms with Gasteiger partial charge in [-0.15, -0.1) is 0 Å². The quantitative estimate of drug-likeness (QED) is 0.460. The Labute approximate surface area is 204 Å². The highest BCUT2D eigenvalue weighted by Crippen LogP contribution is 2.31. The SMILES string of the molecule is CC1=C(C(=O)Nc2ccccc2)[C@@H](c2ccc(C)o2)n2c(s/c(=C/c3ccc(Cl)cc3)c2=O)=N1. The highest BCUT2D eigenvalue weighted by molar-refractivity contribution is 7.07. The monoisotopic (exact) mass is 489 g/mol. The predicted octanol–water partition coefficient (Wildman–Crippen LogP) is 4.43. The van der Waals surface area contributed by atoms with E-state index in [9.17, 15) is 9.59 Å². The van der Waals surface area contributed by atoms with Crippen molar-refractivity contribution in [3.8, 4) is 0 Å². The normalized spacial score (nSPS) is 15.7. The van der Waals surface area contributed by atoms with Crippen LogP contribution in [0.2, 0.25) is 5.02 Å². The molecule has 6 nitrogen and oxygen atoms in total. The Bertz CT molecular complexity index is 1600. The van der Waals surface area contributed by atoms with E-state index in [1.165, 1.54) is 15.9 Å². The lowest BCUT2D eigenvalue weighted by Gasteiger charge is -2.23. The number of anilines is 1. The van der Waals surface area contributed by atoms with Crippen LogP contribution >= 0.6 is 22.9 Å². The summed E-state index contributed by atoms with van der Waals surface area (Å²) < 4.78 is 7.96. The molecule has 1 atom stereocenters. The summed E-state index contributed by atoms with van der Waals surface area (Å²) in [6.45, 7) is 3.60. The topological polar surface area (TPSA) is 76.6 Å². The summed E-state index contributed by atoms with van der Waals surface area (Å²) in [6.07, 6.45) is 1.80. The third-order valence-electron chi connectivity index (χ3n) is 5.50. The molecule has 0 bridgehead atoms. The summed E-state index contributed by atoms with van der Waals surface area (Å²) in [5.74, 6) is 0.860. The van der Waals surface area contributed by atoms with Crippen molar-refractivity contribution >= 4 is 40.6 Å². The first-order valence-electron chi connectivity index (χ1n) is 10.6. The fourth-order valence-corrected chi connectivity index (χ4v) is 5.08. The van der Waals surface area contributed by atoms with Gasteiger partial charge in [0.2, 0.25) is 0 Å². The molecule has 1 N–H and O–H groups in total. The Morgan fingerprint density at radius 1 is 1.09 bits per heavy atom. The van der Waals surface area contributed by atoms with Crippen LogP contribution in [0.1, 0.15) is 30.0 Å². The maximum Gasteiger partial charge on any atom is 0.271 e. The zero-order chi connectivity index (χ0) is 23.8. The molecular formula is C26H20ClN3O3S. The molecule has 3 heterocycles. The Kier molecular flexibility index (Phi) is 5.81. The highest BCUT2D eigenvalue weighted by atomic mass is 35.5. The molecule has 5 rings (SSSR count). The van der Waals surface area contributed by atoms with E-state index in [0.717, 1.165) is 5.56 Å². The molecule has 0 saturated carbocycles. The number of hydrogen-bond donors (Lipinski definition) is 1. The minimum atomic E-state index is -0.735. The Morgan fingerprint density at radius 3 is 2.50 bits per heavy atom. The number of para-hydroxylation sites is 1. The fraction of sp³-hybridized carbons (Fsp3) is 0.115. The number of aryl methyl sites for hydroxylation is 1. The van der Waals surface area contributed by atoms with E-state index in [0.29, 0.717) is 42.8 Å². The number of amides is 1. The summed E-state index contributed by atoms with van der Waals surface area (Å²) >= 11 is 7.27. The average molecular weight is 490 g/mol. The molecule has 1 aliphatic heterocycles. The van der Waals surface area contributed by atoms with Crippen LogP contribution in [0, 0.1) is 6.92 Å². The van der Waals surface area contributed by atoms with Crippen LogP contribution in [0.15, 0.2) is 92.2 Å². The first kappa shape index (κ1) is 22.1. The van der Waals surface area contributed by atoms with E-state index in [1.807, 2.05) is 43.3 Å². The number of hydrogen-bond acceptors (Lipinski definition) is 5. The van der Waals surface area contributed by atoms with Gasteiger partial charge in [0.25, 0.3) is 11.5 Å². The van der Waals surface area contributed by atoms with E-state index in [2.05, 4.69) is 10.3 Å². The molecule has 1 aliphatic rings. The zero-order valence-corrected chi connectivity index (χ0v) is 20.0. The van der Waals surface area contributed by atoms with Crippen molar-refractivity contribution in [2.75, 3.05) is 5.32 Å². The molecule has 0 unspecified atom stereocenters. The van der Waals surface area contributed by atoms with Crippen molar-refractivity contribution in [1.29, 1.82) is 0 Å². The Balaban J connectivity index is 1.66. The van der Waals surface area contributed by atoms with Crippen molar-refractivity contribution in [3.63, 3.8) is 0 Å². The van der Waals surface area contributed by atoms with E-state index in [4.69, 9.17) is 16.0 Å². The van der Waals surface area contributed by atoms with Crippen molar-refractivity contribution in [2.24, 2.45) is 4.99 Å². The van der Waals surface area contributed by atoms with E-state index >= 15 is 0 Å². The van der Waals surface area contributed by atoms with E-state index in [1.54, 1.807) is 43.3 Å². The number of aromatic nitrogens is 1. The average Bonchev–Trinajstić information content (AvgIpc) is 3.38. The van der Waals surface area contributed by atoms with Crippen LogP contribution in [-0.4, -0.2) is 10.5 Å². The van der Waals surface area contributed by atoms with Gasteiger partial charge in [-0.3, -0.25) is 14.2 Å². The van der Waals surface area contributed by atoms with Crippen molar-refractivity contribution in [2.45, 2.75) is 19.9 Å². The number of benzene rings is 2. The van der Waals surface area contributed by atoms with Crippen LogP contribution in [0.3, 0.4) is 0 Å². The van der Waals surface area contributed by atoms with Crippen LogP contribution in [0.4, 0.5) is 5.69 Å². The summed E-state index contributed by atoms with van der Waals surface area (Å²) in [5.41, 5.74) is 2.16. The lowest BCUT2D eigenvalue weighted by Crippen LogP contribution is -2.40. The van der Waals surface area contributed by atoms with Gasteiger partial charge < -0.3 is 9.73 Å². The molecule has 1 amide bonds. The standard InChI is InChI=1S/C26H20ClN3O3S/c1-15-8-13-20(33-15)23-22(24(31)29-19-6-4-3-5-7-19)16(2)28-26-30(23)25(32)21(34-26)14-17-9-11-18(27)12-10-17/h3-14,23H,1-2H3,(H,29,31)/b21-14+/t23-/m1/s1. The summed E-state index contributed by atoms with van der Waals surface area (Å²) in [5, 5.41) is 3.54. The third-order valence-corrected chi connectivity index (χ3v) is 6.73. The van der Waals surface area contributed by atoms with Crippen LogP contribution in [-0.2, 0) is 4.79 Å². The van der Waals surface area contributed by atoms with Crippen molar-refractivity contribution in [3.05, 3.63) is 120 Å². The lowest BCUT2D eigenvalue weighted by atomic mass is 10.00. The molecular weight excluding hydrogens is 470 g/mol. The van der Waals surface area contributed by atoms with Gasteiger partial charge in [-0.2, -0.15) is 0 Å². The van der Waals surface area contributed by atoms with Gasteiger partial charge in [0.05, 0.1) is 15.8 Å². The van der Waals surface area contributed by atoms with Crippen molar-refractivity contribution < 1.29 is 9.21 Å². The molecule has 4 aromatic rings. The smallest absolute Gasteiger partial charge is 0.271 e. The van der Waals surface area contributed by atoms with Crippen LogP contribution in [0.5, 0.6) is 0 Å². The number of nitrogens with one attached hydrogen (secondary N) is 1. The Morgan fingerprint density at radius 2 is 1.82 bits per heavy atom. The number of carbonyl (C=O) groups excluding carboxylic acids is 1. The van der Waals surface area contributed by atoms with Gasteiger partial charge in [-0.1, -0.05) is 53.3 Å². The zero-order valence-electron chi connectivity index (χ0n) is 18.4. The van der Waals surface area contributed by atoms with Gasteiger partial charge in [0, 0.05) is 10.7 Å². The third kappa shape index (κ3) is 4.16. The summed E-state index contributed by atoms with van der Waals surface area (Å²) in [7, 11) is 0. The molecule has 0 saturated heterocycles. The number of allylic oxidation sites excluding steroid dienone is 1. The molecule has 0 spiro atoms. The second kappa shape index (κ2) is 8.93. The second-order valence-corrected chi connectivity index (χ2v) is 9.35. The van der Waals surface area contributed by atoms with Gasteiger partial charge in [-0.05, 0) is 61.9 Å². The van der Waals surface area contributed by atoms with Gasteiger partial charge in [0.1, 0.15) is 17.6 Å². The van der Waals surface area contributed by atoms with Gasteiger partial charge in [0.15, 0.2) is 4.80 Å². The van der Waals surface area contributed by atoms with Gasteiger partial charge in [-0.25, -0.2) is 4.99 Å². The molecule has 0 radical (unpaired) electrons. The molecule has 0 fully saturated rings. The summed E-state index contributed by atoms with van der Waals surface area (Å²) in [6, 6.07) is 19.3. The number of furan rings is 1. The minimum absolute atomic E-state index is 0.240. The number of thiazole rings is 1. The predicted molar refractivity (Wildman–Crippen MR) is 134 cm³/mol. The van der Waals surface area contributed by atoms with Gasteiger partial charge >= 0.3 is 0 Å². The number of nitrogens with zero attached hydrogens (tertiary/aromatic N) is 2. The van der Waals surface area contributed by atoms with Crippen LogP contribution < -0.4 is 20.2 Å². The highest BCUT2D eigenvalue weighted by Gasteiger charge is 2.34. The molecule has 170 valence electrons. The number of halogens is 1. The fourth-order valence-electron chi connectivity index (χ4n) is 3.91. The van der Waals surface area contributed by atoms with Crippen LogP contribution in [0.25, 0.3) is 6.08 Å². The molecule has 2 aromatic carbocycles. The molecule has 0 aliphatic carbocycles. The number of fused-ring (bicyclic) bond motifs is 1. The maximum absolute atomic E-state index is 13.6. The summed E-state index contributed by atoms with van der Waals surface area (Å²) in [4.78, 5) is 32.1. The lowest BCUT2D eigenvalue weighted by molar-refractivity contribution is -0.113. The first-order valence-corrected chi connectivity index (χ1v) is 11.8. The van der Waals surface area contributed by atoms with Crippen molar-refractivity contribution in [1.82, 2.24) is 4.57 Å². The number of carbonyl (C=O) groups is 1. The Hall–Kier alpha value is -3.68. The van der Waals surface area contributed by atoms with E-state index < -0.39 is 6.04 Å². The largest absolute Gasteiger partial charge is 0.464 e. The molecule has 34 heavy (non-hydrogen) atoms. The number of rotatable bonds is 4. The first-order chi connectivity index (χ1) is 16.4. The molecule has 8 heteroatoms. The second-order valence-electron chi connectivity index (χ2n) is 7.90. The maximum atomic E-state index is 13.6. The molecule has 2 aromatic heterocycles.